The summed E-state index contributed by atoms with van der Waals surface area (Å²) >= 11 is 1.77. The van der Waals surface area contributed by atoms with E-state index in [1.165, 1.54) is 48.0 Å². The van der Waals surface area contributed by atoms with Crippen LogP contribution in [0.4, 0.5) is 4.79 Å². The van der Waals surface area contributed by atoms with E-state index in [0.29, 0.717) is 6.54 Å². The van der Waals surface area contributed by atoms with Gasteiger partial charge in [-0.25, -0.2) is 4.79 Å². The van der Waals surface area contributed by atoms with Gasteiger partial charge in [-0.3, -0.25) is 0 Å². The Morgan fingerprint density at radius 1 is 1.25 bits per heavy atom. The average molecular weight is 346 g/mol. The van der Waals surface area contributed by atoms with Gasteiger partial charge in [0.25, 0.3) is 0 Å². The number of hydrogen-bond donors (Lipinski definition) is 2. The first kappa shape index (κ1) is 17.2. The predicted octanol–water partition coefficient (Wildman–Crippen LogP) is 3.62. The molecule has 1 aromatic carbocycles. The normalized spacial score (nSPS) is 16.9. The van der Waals surface area contributed by atoms with E-state index in [4.69, 9.17) is 0 Å². The molecule has 1 aliphatic heterocycles. The van der Waals surface area contributed by atoms with Gasteiger partial charge in [0.1, 0.15) is 0 Å². The second kappa shape index (κ2) is 8.49. The Labute approximate surface area is 148 Å². The molecule has 1 fully saturated rings. The first-order valence-corrected chi connectivity index (χ1v) is 9.82. The molecule has 1 saturated heterocycles. The van der Waals surface area contributed by atoms with Crippen LogP contribution in [-0.2, 0) is 6.42 Å². The van der Waals surface area contributed by atoms with Crippen LogP contribution in [0.1, 0.15) is 31.7 Å². The van der Waals surface area contributed by atoms with Crippen molar-refractivity contribution in [1.82, 2.24) is 15.5 Å². The summed E-state index contributed by atoms with van der Waals surface area (Å²) in [5.41, 5.74) is 1.32. The molecule has 0 bridgehead atoms. The third kappa shape index (κ3) is 4.71. The molecule has 0 radical (unpaired) electrons. The molecular formula is C19H27N3OS. The van der Waals surface area contributed by atoms with Crippen LogP contribution in [-0.4, -0.2) is 43.2 Å². The SMILES string of the molecule is CC(CN1CCCCC1)NC(=O)NCCc1csc2ccccc12. The highest BCUT2D eigenvalue weighted by Crippen LogP contribution is 2.25. The lowest BCUT2D eigenvalue weighted by atomic mass is 10.1. The standard InChI is InChI=1S/C19H27N3OS/c1-15(13-22-11-5-2-6-12-22)21-19(23)20-10-9-16-14-24-18-8-4-3-7-17(16)18/h3-4,7-8,14-15H,2,5-6,9-13H2,1H3,(H2,20,21,23). The molecule has 4 nitrogen and oxygen atoms in total. The van der Waals surface area contributed by atoms with Crippen LogP contribution in [0.2, 0.25) is 0 Å². The number of rotatable bonds is 6. The molecule has 2 amide bonds. The van der Waals surface area contributed by atoms with E-state index >= 15 is 0 Å². The van der Waals surface area contributed by atoms with E-state index in [-0.39, 0.29) is 12.1 Å². The molecule has 5 heteroatoms. The minimum Gasteiger partial charge on any atom is -0.338 e. The van der Waals surface area contributed by atoms with Crippen molar-refractivity contribution in [2.75, 3.05) is 26.2 Å². The third-order valence-electron chi connectivity index (χ3n) is 4.60. The molecule has 0 saturated carbocycles. The lowest BCUT2D eigenvalue weighted by Crippen LogP contribution is -2.47. The minimum atomic E-state index is -0.0564. The Bertz CT molecular complexity index is 663. The fraction of sp³-hybridized carbons (Fsp3) is 0.526. The maximum atomic E-state index is 12.0. The molecule has 24 heavy (non-hydrogen) atoms. The Kier molecular flexibility index (Phi) is 6.10. The van der Waals surface area contributed by atoms with Gasteiger partial charge < -0.3 is 15.5 Å². The highest BCUT2D eigenvalue weighted by molar-refractivity contribution is 7.17. The van der Waals surface area contributed by atoms with Crippen LogP contribution < -0.4 is 10.6 Å². The number of piperidine rings is 1. The molecule has 1 aromatic heterocycles. The number of carbonyl (C=O) groups excluding carboxylic acids is 1. The van der Waals surface area contributed by atoms with Crippen molar-refractivity contribution in [2.24, 2.45) is 0 Å². The Hall–Kier alpha value is -1.59. The number of carbonyl (C=O) groups is 1. The first-order chi connectivity index (χ1) is 11.7. The van der Waals surface area contributed by atoms with Gasteiger partial charge in [-0.05, 0) is 61.7 Å². The monoisotopic (exact) mass is 345 g/mol. The molecule has 2 heterocycles. The number of fused-ring (bicyclic) bond motifs is 1. The highest BCUT2D eigenvalue weighted by atomic mass is 32.1. The van der Waals surface area contributed by atoms with E-state index in [1.54, 1.807) is 11.3 Å². The van der Waals surface area contributed by atoms with Crippen LogP contribution >= 0.6 is 11.3 Å². The van der Waals surface area contributed by atoms with E-state index in [0.717, 1.165) is 13.0 Å². The van der Waals surface area contributed by atoms with Crippen molar-refractivity contribution in [3.05, 3.63) is 35.2 Å². The van der Waals surface area contributed by atoms with Crippen LogP contribution in [0.3, 0.4) is 0 Å². The number of hydrogen-bond acceptors (Lipinski definition) is 3. The van der Waals surface area contributed by atoms with Gasteiger partial charge in [0, 0.05) is 23.8 Å². The minimum absolute atomic E-state index is 0.0564. The zero-order chi connectivity index (χ0) is 16.8. The van der Waals surface area contributed by atoms with Crippen molar-refractivity contribution in [3.8, 4) is 0 Å². The van der Waals surface area contributed by atoms with Crippen molar-refractivity contribution in [3.63, 3.8) is 0 Å². The van der Waals surface area contributed by atoms with Crippen LogP contribution in [0.15, 0.2) is 29.6 Å². The second-order valence-electron chi connectivity index (χ2n) is 6.67. The van der Waals surface area contributed by atoms with Crippen LogP contribution in [0, 0.1) is 0 Å². The van der Waals surface area contributed by atoms with Crippen molar-refractivity contribution >= 4 is 27.5 Å². The largest absolute Gasteiger partial charge is 0.338 e. The predicted molar refractivity (Wildman–Crippen MR) is 102 cm³/mol. The zero-order valence-electron chi connectivity index (χ0n) is 14.4. The first-order valence-electron chi connectivity index (χ1n) is 8.94. The molecule has 0 aliphatic carbocycles. The number of nitrogens with zero attached hydrogens (tertiary/aromatic N) is 1. The fourth-order valence-corrected chi connectivity index (χ4v) is 4.38. The van der Waals surface area contributed by atoms with Crippen LogP contribution in [0.25, 0.3) is 10.1 Å². The van der Waals surface area contributed by atoms with Gasteiger partial charge in [-0.2, -0.15) is 0 Å². The zero-order valence-corrected chi connectivity index (χ0v) is 15.2. The molecule has 1 aliphatic rings. The van der Waals surface area contributed by atoms with Gasteiger partial charge in [0.05, 0.1) is 0 Å². The molecule has 1 unspecified atom stereocenters. The second-order valence-corrected chi connectivity index (χ2v) is 7.58. The quantitative estimate of drug-likeness (QED) is 0.840. The maximum absolute atomic E-state index is 12.0. The smallest absolute Gasteiger partial charge is 0.315 e. The number of thiophene rings is 1. The van der Waals surface area contributed by atoms with E-state index in [2.05, 4.69) is 52.1 Å². The molecule has 2 aromatic rings. The Morgan fingerprint density at radius 2 is 2.04 bits per heavy atom. The average Bonchev–Trinajstić information content (AvgIpc) is 2.99. The van der Waals surface area contributed by atoms with Crippen molar-refractivity contribution in [2.45, 2.75) is 38.6 Å². The number of benzene rings is 1. The van der Waals surface area contributed by atoms with Crippen molar-refractivity contribution in [1.29, 1.82) is 0 Å². The molecule has 0 spiro atoms. The van der Waals surface area contributed by atoms with Gasteiger partial charge in [-0.15, -0.1) is 11.3 Å². The highest BCUT2D eigenvalue weighted by Gasteiger charge is 2.14. The number of likely N-dealkylation sites (tertiary alicyclic amines) is 1. The summed E-state index contributed by atoms with van der Waals surface area (Å²) in [5, 5.41) is 9.55. The maximum Gasteiger partial charge on any atom is 0.315 e. The summed E-state index contributed by atoms with van der Waals surface area (Å²) in [6.07, 6.45) is 4.79. The fourth-order valence-electron chi connectivity index (χ4n) is 3.39. The molecule has 130 valence electrons. The topological polar surface area (TPSA) is 44.4 Å². The Balaban J connectivity index is 1.39. The summed E-state index contributed by atoms with van der Waals surface area (Å²) in [5.74, 6) is 0. The summed E-state index contributed by atoms with van der Waals surface area (Å²) in [6, 6.07) is 8.57. The molecule has 2 N–H and O–H groups in total. The van der Waals surface area contributed by atoms with Crippen LogP contribution in [0.5, 0.6) is 0 Å². The number of urea groups is 1. The van der Waals surface area contributed by atoms with Gasteiger partial charge in [0.15, 0.2) is 0 Å². The molecule has 1 atom stereocenters. The summed E-state index contributed by atoms with van der Waals surface area (Å²) in [4.78, 5) is 14.5. The third-order valence-corrected chi connectivity index (χ3v) is 5.61. The summed E-state index contributed by atoms with van der Waals surface area (Å²) in [7, 11) is 0. The van der Waals surface area contributed by atoms with Gasteiger partial charge in [0.2, 0.25) is 0 Å². The molecule has 3 rings (SSSR count). The molecular weight excluding hydrogens is 318 g/mol. The van der Waals surface area contributed by atoms with Crippen molar-refractivity contribution < 1.29 is 4.79 Å². The summed E-state index contributed by atoms with van der Waals surface area (Å²) in [6.45, 7) is 6.03. The van der Waals surface area contributed by atoms with Gasteiger partial charge >= 0.3 is 6.03 Å². The lowest BCUT2D eigenvalue weighted by Gasteiger charge is -2.29. The van der Waals surface area contributed by atoms with E-state index in [9.17, 15) is 4.79 Å². The summed E-state index contributed by atoms with van der Waals surface area (Å²) < 4.78 is 1.31. The lowest BCUT2D eigenvalue weighted by molar-refractivity contribution is 0.203. The Morgan fingerprint density at radius 3 is 2.88 bits per heavy atom. The number of nitrogens with one attached hydrogen (secondary N) is 2. The van der Waals surface area contributed by atoms with Gasteiger partial charge in [-0.1, -0.05) is 24.6 Å². The van der Waals surface area contributed by atoms with E-state index in [1.807, 2.05) is 0 Å². The number of amides is 2. The van der Waals surface area contributed by atoms with E-state index < -0.39 is 0 Å².